The molecular weight excluding hydrogens is 528 g/mol. The number of carbonyl (C=O) groups excluding carboxylic acids is 3. The van der Waals surface area contributed by atoms with Crippen LogP contribution >= 0.6 is 15.9 Å². The van der Waals surface area contributed by atoms with Crippen molar-refractivity contribution in [2.75, 3.05) is 19.7 Å². The maximum absolute atomic E-state index is 12.7. The first-order chi connectivity index (χ1) is 17.3. The van der Waals surface area contributed by atoms with E-state index in [1.54, 1.807) is 30.3 Å². The van der Waals surface area contributed by atoms with Gasteiger partial charge in [0, 0.05) is 16.4 Å². The van der Waals surface area contributed by atoms with Crippen LogP contribution in [0.3, 0.4) is 0 Å². The van der Waals surface area contributed by atoms with Gasteiger partial charge in [-0.05, 0) is 48.4 Å². The minimum atomic E-state index is -0.693. The number of benzene rings is 3. The molecule has 0 aromatic heterocycles. The predicted molar refractivity (Wildman–Crippen MR) is 141 cm³/mol. The second-order valence-electron chi connectivity index (χ2n) is 8.25. The van der Waals surface area contributed by atoms with Gasteiger partial charge < -0.3 is 31.9 Å². The van der Waals surface area contributed by atoms with Crippen LogP contribution in [0.5, 0.6) is 11.5 Å². The molecule has 0 radical (unpaired) electrons. The Labute approximate surface area is 217 Å². The summed E-state index contributed by atoms with van der Waals surface area (Å²) in [4.78, 5) is 36.1. The zero-order valence-corrected chi connectivity index (χ0v) is 21.2. The summed E-state index contributed by atoms with van der Waals surface area (Å²) < 4.78 is 6.74. The summed E-state index contributed by atoms with van der Waals surface area (Å²) >= 11 is 3.49. The third kappa shape index (κ3) is 7.43. The first-order valence-corrected chi connectivity index (χ1v) is 12.3. The normalized spacial score (nSPS) is 11.6. The molecule has 0 fully saturated rings. The number of nitrogens with one attached hydrogen (secondary N) is 2. The Morgan fingerprint density at radius 1 is 1.00 bits per heavy atom. The van der Waals surface area contributed by atoms with Gasteiger partial charge in [-0.15, -0.1) is 0 Å². The Kier molecular flexibility index (Phi) is 9.66. The van der Waals surface area contributed by atoms with Crippen molar-refractivity contribution in [2.24, 2.45) is 11.5 Å². The summed E-state index contributed by atoms with van der Waals surface area (Å²) in [6.07, 6.45) is 1.64. The van der Waals surface area contributed by atoms with Gasteiger partial charge >= 0.3 is 0 Å². The van der Waals surface area contributed by atoms with E-state index >= 15 is 0 Å². The SMILES string of the molecule is NC(=O)CNC(=O)c1cc(Br)c2ccccc2c1OCCCCNC(=O)C(N)Cc1ccc(O)cc1. The zero-order chi connectivity index (χ0) is 26.1. The number of hydrogen-bond donors (Lipinski definition) is 5. The highest BCUT2D eigenvalue weighted by Crippen LogP contribution is 2.35. The summed E-state index contributed by atoms with van der Waals surface area (Å²) in [7, 11) is 0. The molecule has 0 aliphatic carbocycles. The van der Waals surface area contributed by atoms with Gasteiger partial charge in [0.05, 0.1) is 24.8 Å². The van der Waals surface area contributed by atoms with Crippen LogP contribution < -0.4 is 26.8 Å². The van der Waals surface area contributed by atoms with Crippen molar-refractivity contribution in [1.29, 1.82) is 0 Å². The molecule has 7 N–H and O–H groups in total. The van der Waals surface area contributed by atoms with Crippen molar-refractivity contribution in [3.63, 3.8) is 0 Å². The van der Waals surface area contributed by atoms with Gasteiger partial charge in [0.2, 0.25) is 11.8 Å². The van der Waals surface area contributed by atoms with Crippen LogP contribution in [-0.2, 0) is 16.0 Å². The van der Waals surface area contributed by atoms with Gasteiger partial charge in [-0.1, -0.05) is 52.3 Å². The van der Waals surface area contributed by atoms with Gasteiger partial charge in [0.15, 0.2) is 0 Å². The molecule has 0 saturated heterocycles. The van der Waals surface area contributed by atoms with E-state index in [2.05, 4.69) is 26.6 Å². The number of aromatic hydroxyl groups is 1. The minimum Gasteiger partial charge on any atom is -0.508 e. The first kappa shape index (κ1) is 27.0. The summed E-state index contributed by atoms with van der Waals surface area (Å²) in [5, 5.41) is 16.3. The Balaban J connectivity index is 1.54. The largest absolute Gasteiger partial charge is 0.508 e. The van der Waals surface area contributed by atoms with Crippen LogP contribution in [0, 0.1) is 0 Å². The lowest BCUT2D eigenvalue weighted by molar-refractivity contribution is -0.122. The number of phenols is 1. The smallest absolute Gasteiger partial charge is 0.255 e. The van der Waals surface area contributed by atoms with E-state index in [0.717, 1.165) is 20.8 Å². The number of phenolic OH excluding ortho intramolecular Hbond substituents is 1. The molecule has 0 saturated carbocycles. The minimum absolute atomic E-state index is 0.161. The van der Waals surface area contributed by atoms with Crippen LogP contribution in [0.1, 0.15) is 28.8 Å². The van der Waals surface area contributed by atoms with Crippen molar-refractivity contribution < 1.29 is 24.2 Å². The van der Waals surface area contributed by atoms with E-state index in [9.17, 15) is 19.5 Å². The maximum atomic E-state index is 12.7. The number of nitrogens with two attached hydrogens (primary N) is 2. The second-order valence-corrected chi connectivity index (χ2v) is 9.11. The van der Waals surface area contributed by atoms with Crippen LogP contribution in [0.25, 0.3) is 10.8 Å². The molecule has 0 bridgehead atoms. The third-order valence-corrected chi connectivity index (χ3v) is 6.11. The molecule has 3 aromatic carbocycles. The first-order valence-electron chi connectivity index (χ1n) is 11.5. The number of fused-ring (bicyclic) bond motifs is 1. The molecule has 1 atom stereocenters. The number of rotatable bonds is 12. The Hall–Kier alpha value is -3.63. The van der Waals surface area contributed by atoms with Crippen molar-refractivity contribution in [3.05, 3.63) is 70.2 Å². The molecule has 10 heteroatoms. The molecule has 36 heavy (non-hydrogen) atoms. The molecule has 3 aromatic rings. The standard InChI is InChI=1S/C26H29BrN4O5/c27-21-14-20(25(34)31-15-23(29)33)24(19-6-2-1-5-18(19)21)36-12-4-3-11-30-26(35)22(28)13-16-7-9-17(32)10-8-16/h1-2,5-10,14,22,32H,3-4,11-13,15,28H2,(H2,29,33)(H,30,35)(H,31,34). The number of amides is 3. The Bertz CT molecular complexity index is 1230. The molecule has 0 aliphatic heterocycles. The number of carbonyl (C=O) groups is 3. The number of unbranched alkanes of at least 4 members (excludes halogenated alkanes) is 1. The topological polar surface area (TPSA) is 157 Å². The van der Waals surface area contributed by atoms with Crippen LogP contribution in [0.2, 0.25) is 0 Å². The summed E-state index contributed by atoms with van der Waals surface area (Å²) in [6.45, 7) is 0.465. The molecule has 1 unspecified atom stereocenters. The van der Waals surface area contributed by atoms with Gasteiger partial charge in [0.25, 0.3) is 5.91 Å². The van der Waals surface area contributed by atoms with Gasteiger partial charge in [-0.2, -0.15) is 0 Å². The fraction of sp³-hybridized carbons (Fsp3) is 0.269. The van der Waals surface area contributed by atoms with E-state index in [1.807, 2.05) is 24.3 Å². The van der Waals surface area contributed by atoms with Crippen LogP contribution in [0.4, 0.5) is 0 Å². The molecule has 0 spiro atoms. The van der Waals surface area contributed by atoms with Gasteiger partial charge in [-0.3, -0.25) is 14.4 Å². The van der Waals surface area contributed by atoms with Crippen molar-refractivity contribution in [2.45, 2.75) is 25.3 Å². The molecular formula is C26H29BrN4O5. The van der Waals surface area contributed by atoms with Crippen LogP contribution in [0.15, 0.2) is 59.1 Å². The van der Waals surface area contributed by atoms with E-state index in [1.165, 1.54) is 0 Å². The third-order valence-electron chi connectivity index (χ3n) is 5.46. The predicted octanol–water partition coefficient (Wildman–Crippen LogP) is 2.37. The highest BCUT2D eigenvalue weighted by atomic mass is 79.9. The van der Waals surface area contributed by atoms with Crippen LogP contribution in [-0.4, -0.2) is 48.6 Å². The van der Waals surface area contributed by atoms with Crippen molar-refractivity contribution in [3.8, 4) is 11.5 Å². The second kappa shape index (κ2) is 12.9. The lowest BCUT2D eigenvalue weighted by atomic mass is 10.0. The number of ether oxygens (including phenoxy) is 1. The summed E-state index contributed by atoms with van der Waals surface area (Å²) in [5.41, 5.74) is 12.3. The van der Waals surface area contributed by atoms with Gasteiger partial charge in [-0.25, -0.2) is 0 Å². The summed E-state index contributed by atoms with van der Waals surface area (Å²) in [5.74, 6) is -0.791. The van der Waals surface area contributed by atoms with Crippen molar-refractivity contribution >= 4 is 44.4 Å². The van der Waals surface area contributed by atoms with E-state index in [-0.39, 0.29) is 23.8 Å². The van der Waals surface area contributed by atoms with E-state index in [4.69, 9.17) is 16.2 Å². The maximum Gasteiger partial charge on any atom is 0.255 e. The number of hydrogen-bond acceptors (Lipinski definition) is 6. The molecule has 0 aliphatic rings. The highest BCUT2D eigenvalue weighted by molar-refractivity contribution is 9.10. The monoisotopic (exact) mass is 556 g/mol. The zero-order valence-electron chi connectivity index (χ0n) is 19.6. The number of primary amides is 1. The highest BCUT2D eigenvalue weighted by Gasteiger charge is 2.19. The molecule has 0 heterocycles. The molecule has 3 amide bonds. The Morgan fingerprint density at radius 3 is 2.39 bits per heavy atom. The average Bonchev–Trinajstić information content (AvgIpc) is 2.86. The Morgan fingerprint density at radius 2 is 1.69 bits per heavy atom. The van der Waals surface area contributed by atoms with E-state index in [0.29, 0.717) is 38.2 Å². The lowest BCUT2D eigenvalue weighted by Gasteiger charge is -2.16. The molecule has 9 nitrogen and oxygen atoms in total. The summed E-state index contributed by atoms with van der Waals surface area (Å²) in [6, 6.07) is 15.0. The molecule has 190 valence electrons. The average molecular weight is 557 g/mol. The quantitative estimate of drug-likeness (QED) is 0.215. The van der Waals surface area contributed by atoms with Crippen molar-refractivity contribution in [1.82, 2.24) is 10.6 Å². The fourth-order valence-corrected chi connectivity index (χ4v) is 4.19. The number of halogens is 1. The molecule has 3 rings (SSSR count). The fourth-order valence-electron chi connectivity index (χ4n) is 3.61. The lowest BCUT2D eigenvalue weighted by Crippen LogP contribution is -2.42. The van der Waals surface area contributed by atoms with Gasteiger partial charge in [0.1, 0.15) is 11.5 Å². The van der Waals surface area contributed by atoms with E-state index < -0.39 is 17.9 Å².